The summed E-state index contributed by atoms with van der Waals surface area (Å²) in [6, 6.07) is 13.1. The molecule has 7 heteroatoms. The van der Waals surface area contributed by atoms with Crippen LogP contribution in [0.1, 0.15) is 18.4 Å². The fraction of sp³-hybridized carbons (Fsp3) is 0.350. The SMILES string of the molecule is O=C(NC1CN(C(=O)Nc2ccnc(OCc3ccccc3)c2)C1)C1CC1. The molecule has 2 N–H and O–H groups in total. The van der Waals surface area contributed by atoms with Crippen molar-refractivity contribution in [1.29, 1.82) is 0 Å². The highest BCUT2D eigenvalue weighted by atomic mass is 16.5. The van der Waals surface area contributed by atoms with Gasteiger partial charge in [0, 0.05) is 37.0 Å². The van der Waals surface area contributed by atoms with E-state index in [1.165, 1.54) is 0 Å². The zero-order valence-corrected chi connectivity index (χ0v) is 14.9. The highest BCUT2D eigenvalue weighted by Gasteiger charge is 2.36. The van der Waals surface area contributed by atoms with Crippen molar-refractivity contribution in [3.05, 3.63) is 54.2 Å². The normalized spacial score (nSPS) is 16.4. The molecule has 2 aliphatic rings. The number of anilines is 1. The molecule has 2 aromatic rings. The van der Waals surface area contributed by atoms with Gasteiger partial charge >= 0.3 is 6.03 Å². The molecule has 1 aromatic carbocycles. The number of carbonyl (C=O) groups is 2. The first-order valence-electron chi connectivity index (χ1n) is 9.16. The van der Waals surface area contributed by atoms with E-state index in [-0.39, 0.29) is 23.9 Å². The van der Waals surface area contributed by atoms with E-state index in [4.69, 9.17) is 4.74 Å². The molecule has 0 bridgehead atoms. The van der Waals surface area contributed by atoms with Crippen LogP contribution < -0.4 is 15.4 Å². The number of aromatic nitrogens is 1. The number of hydrogen-bond donors (Lipinski definition) is 2. The van der Waals surface area contributed by atoms with Crippen LogP contribution in [0.3, 0.4) is 0 Å². The second-order valence-electron chi connectivity index (χ2n) is 6.97. The molecule has 0 unspecified atom stereocenters. The fourth-order valence-corrected chi connectivity index (χ4v) is 2.90. The van der Waals surface area contributed by atoms with E-state index in [9.17, 15) is 9.59 Å². The van der Waals surface area contributed by atoms with Crippen LogP contribution in [0.4, 0.5) is 10.5 Å². The summed E-state index contributed by atoms with van der Waals surface area (Å²) in [4.78, 5) is 29.9. The summed E-state index contributed by atoms with van der Waals surface area (Å²) in [6.45, 7) is 1.49. The van der Waals surface area contributed by atoms with Crippen LogP contribution in [0.2, 0.25) is 0 Å². The average molecular weight is 366 g/mol. The average Bonchev–Trinajstić information content (AvgIpc) is 3.49. The summed E-state index contributed by atoms with van der Waals surface area (Å²) in [5, 5.41) is 5.82. The number of amides is 3. The van der Waals surface area contributed by atoms with E-state index < -0.39 is 0 Å². The molecular weight excluding hydrogens is 344 g/mol. The molecular formula is C20H22N4O3. The third-order valence-corrected chi connectivity index (χ3v) is 4.68. The van der Waals surface area contributed by atoms with Crippen LogP contribution in [-0.2, 0) is 11.4 Å². The lowest BCUT2D eigenvalue weighted by Gasteiger charge is -2.39. The summed E-state index contributed by atoms with van der Waals surface area (Å²) >= 11 is 0. The van der Waals surface area contributed by atoms with Crippen molar-refractivity contribution in [1.82, 2.24) is 15.2 Å². The Morgan fingerprint density at radius 1 is 1.15 bits per heavy atom. The lowest BCUT2D eigenvalue weighted by atomic mass is 10.1. The van der Waals surface area contributed by atoms with Crippen molar-refractivity contribution in [2.45, 2.75) is 25.5 Å². The summed E-state index contributed by atoms with van der Waals surface area (Å²) in [6.07, 6.45) is 3.57. The van der Waals surface area contributed by atoms with Crippen LogP contribution in [0.25, 0.3) is 0 Å². The highest BCUT2D eigenvalue weighted by molar-refractivity contribution is 5.90. The number of hydrogen-bond acceptors (Lipinski definition) is 4. The zero-order valence-electron chi connectivity index (χ0n) is 14.9. The molecule has 2 fully saturated rings. The van der Waals surface area contributed by atoms with Gasteiger partial charge in [-0.15, -0.1) is 0 Å². The Morgan fingerprint density at radius 3 is 2.67 bits per heavy atom. The number of nitrogens with one attached hydrogen (secondary N) is 2. The monoisotopic (exact) mass is 366 g/mol. The highest BCUT2D eigenvalue weighted by Crippen LogP contribution is 2.29. The van der Waals surface area contributed by atoms with E-state index in [1.807, 2.05) is 30.3 Å². The number of benzene rings is 1. The van der Waals surface area contributed by atoms with Crippen LogP contribution in [-0.4, -0.2) is 41.0 Å². The van der Waals surface area contributed by atoms with Crippen molar-refractivity contribution >= 4 is 17.6 Å². The van der Waals surface area contributed by atoms with Gasteiger partial charge in [-0.1, -0.05) is 30.3 Å². The lowest BCUT2D eigenvalue weighted by molar-refractivity contribution is -0.123. The molecule has 1 aliphatic heterocycles. The summed E-state index contributed by atoms with van der Waals surface area (Å²) in [7, 11) is 0. The molecule has 27 heavy (non-hydrogen) atoms. The second kappa shape index (κ2) is 7.65. The second-order valence-corrected chi connectivity index (χ2v) is 6.97. The molecule has 7 nitrogen and oxygen atoms in total. The Balaban J connectivity index is 1.24. The van der Waals surface area contributed by atoms with Crippen molar-refractivity contribution in [2.24, 2.45) is 5.92 Å². The number of rotatable bonds is 6. The smallest absolute Gasteiger partial charge is 0.321 e. The van der Waals surface area contributed by atoms with Crippen molar-refractivity contribution < 1.29 is 14.3 Å². The fourth-order valence-electron chi connectivity index (χ4n) is 2.90. The molecule has 3 amide bonds. The Hall–Kier alpha value is -3.09. The minimum absolute atomic E-state index is 0.0612. The molecule has 0 spiro atoms. The third kappa shape index (κ3) is 4.55. The van der Waals surface area contributed by atoms with Gasteiger partial charge in [-0.25, -0.2) is 9.78 Å². The predicted molar refractivity (Wildman–Crippen MR) is 100 cm³/mol. The number of carbonyl (C=O) groups excluding carboxylic acids is 2. The van der Waals surface area contributed by atoms with Gasteiger partial charge in [-0.05, 0) is 24.5 Å². The van der Waals surface area contributed by atoms with Crippen molar-refractivity contribution in [3.8, 4) is 5.88 Å². The summed E-state index contributed by atoms with van der Waals surface area (Å²) < 4.78 is 5.68. The van der Waals surface area contributed by atoms with Gasteiger partial charge in [0.1, 0.15) is 6.61 Å². The van der Waals surface area contributed by atoms with Crippen LogP contribution in [0.5, 0.6) is 5.88 Å². The van der Waals surface area contributed by atoms with E-state index in [2.05, 4.69) is 15.6 Å². The maximum atomic E-state index is 12.3. The van der Waals surface area contributed by atoms with Crippen LogP contribution in [0, 0.1) is 5.92 Å². The first-order valence-corrected chi connectivity index (χ1v) is 9.16. The van der Waals surface area contributed by atoms with E-state index in [0.29, 0.717) is 31.3 Å². The molecule has 140 valence electrons. The van der Waals surface area contributed by atoms with Gasteiger partial charge in [0.25, 0.3) is 0 Å². The number of nitrogens with zero attached hydrogens (tertiary/aromatic N) is 2. The topological polar surface area (TPSA) is 83.6 Å². The Morgan fingerprint density at radius 2 is 1.93 bits per heavy atom. The zero-order chi connectivity index (χ0) is 18.6. The van der Waals surface area contributed by atoms with E-state index >= 15 is 0 Å². The first-order chi connectivity index (χ1) is 13.2. The minimum atomic E-state index is -0.188. The van der Waals surface area contributed by atoms with Crippen molar-refractivity contribution in [3.63, 3.8) is 0 Å². The molecule has 1 saturated heterocycles. The number of likely N-dealkylation sites (tertiary alicyclic amines) is 1. The van der Waals surface area contributed by atoms with Gasteiger partial charge in [0.15, 0.2) is 0 Å². The number of pyridine rings is 1. The van der Waals surface area contributed by atoms with Crippen LogP contribution >= 0.6 is 0 Å². The number of urea groups is 1. The maximum Gasteiger partial charge on any atom is 0.321 e. The van der Waals surface area contributed by atoms with Gasteiger partial charge < -0.3 is 20.3 Å². The summed E-state index contributed by atoms with van der Waals surface area (Å²) in [5.41, 5.74) is 1.68. The quantitative estimate of drug-likeness (QED) is 0.822. The molecule has 1 aliphatic carbocycles. The first kappa shape index (κ1) is 17.3. The third-order valence-electron chi connectivity index (χ3n) is 4.68. The Bertz CT molecular complexity index is 817. The molecule has 1 saturated carbocycles. The standard InChI is InChI=1S/C20H22N4O3/c25-19(15-6-7-15)22-17-11-24(12-17)20(26)23-16-8-9-21-18(10-16)27-13-14-4-2-1-3-5-14/h1-5,8-10,15,17H,6-7,11-13H2,(H,22,25)(H,21,23,26). The molecule has 4 rings (SSSR count). The Kier molecular flexibility index (Phi) is 4.91. The van der Waals surface area contributed by atoms with Gasteiger partial charge in [0.2, 0.25) is 11.8 Å². The molecule has 1 aromatic heterocycles. The maximum absolute atomic E-state index is 12.3. The predicted octanol–water partition coefficient (Wildman–Crippen LogP) is 2.40. The molecule has 0 atom stereocenters. The van der Waals surface area contributed by atoms with E-state index in [1.54, 1.807) is 23.2 Å². The summed E-state index contributed by atoms with van der Waals surface area (Å²) in [5.74, 6) is 0.767. The lowest BCUT2D eigenvalue weighted by Crippen LogP contribution is -2.62. The van der Waals surface area contributed by atoms with Gasteiger partial charge in [0.05, 0.1) is 6.04 Å². The van der Waals surface area contributed by atoms with Gasteiger partial charge in [-0.3, -0.25) is 4.79 Å². The number of ether oxygens (including phenoxy) is 1. The molecule has 2 heterocycles. The van der Waals surface area contributed by atoms with Gasteiger partial charge in [-0.2, -0.15) is 0 Å². The largest absolute Gasteiger partial charge is 0.473 e. The Labute approximate surface area is 157 Å². The van der Waals surface area contributed by atoms with Crippen LogP contribution in [0.15, 0.2) is 48.7 Å². The van der Waals surface area contributed by atoms with Crippen molar-refractivity contribution in [2.75, 3.05) is 18.4 Å². The minimum Gasteiger partial charge on any atom is -0.473 e. The molecule has 0 radical (unpaired) electrons. The van der Waals surface area contributed by atoms with E-state index in [0.717, 1.165) is 18.4 Å².